The van der Waals surface area contributed by atoms with E-state index < -0.39 is 14.9 Å². The smallest absolute Gasteiger partial charge is 0.299 e. The van der Waals surface area contributed by atoms with Gasteiger partial charge in [-0.05, 0) is 19.1 Å². The van der Waals surface area contributed by atoms with E-state index in [0.29, 0.717) is 22.2 Å². The zero-order valence-corrected chi connectivity index (χ0v) is 15.9. The number of sulfonamides is 1. The fourth-order valence-electron chi connectivity index (χ4n) is 2.26. The zero-order chi connectivity index (χ0) is 19.6. The fourth-order valence-corrected chi connectivity index (χ4v) is 4.20. The minimum atomic E-state index is -3.30. The van der Waals surface area contributed by atoms with Gasteiger partial charge in [0.15, 0.2) is 0 Å². The van der Waals surface area contributed by atoms with Crippen molar-refractivity contribution in [3.63, 3.8) is 0 Å². The van der Waals surface area contributed by atoms with E-state index in [9.17, 15) is 18.5 Å². The number of aromatic nitrogens is 3. The Kier molecular flexibility index (Phi) is 5.12. The second-order valence-electron chi connectivity index (χ2n) is 5.61. The number of nitrogens with one attached hydrogen (secondary N) is 1. The van der Waals surface area contributed by atoms with Crippen molar-refractivity contribution < 1.29 is 18.1 Å². The van der Waals surface area contributed by atoms with Crippen molar-refractivity contribution in [1.82, 2.24) is 15.0 Å². The molecule has 0 saturated heterocycles. The largest absolute Gasteiger partial charge is 0.324 e. The Morgan fingerprint density at radius 1 is 1.26 bits per heavy atom. The van der Waals surface area contributed by atoms with Crippen LogP contribution in [0.4, 0.5) is 22.5 Å². The molecule has 10 nitrogen and oxygen atoms in total. The molecule has 3 N–H and O–H groups in total. The molecule has 0 aliphatic rings. The predicted octanol–water partition coefficient (Wildman–Crippen LogP) is 1.71. The van der Waals surface area contributed by atoms with Crippen LogP contribution >= 0.6 is 11.3 Å². The fraction of sp³-hybridized carbons (Fsp3) is 0.133. The molecule has 2 heterocycles. The molecule has 12 heteroatoms. The van der Waals surface area contributed by atoms with Crippen molar-refractivity contribution in [3.05, 3.63) is 52.3 Å². The van der Waals surface area contributed by atoms with Crippen molar-refractivity contribution >= 4 is 43.8 Å². The van der Waals surface area contributed by atoms with Crippen LogP contribution in [0.25, 0.3) is 10.6 Å². The molecule has 0 radical (unpaired) electrons. The van der Waals surface area contributed by atoms with Crippen molar-refractivity contribution in [3.8, 4) is 10.6 Å². The van der Waals surface area contributed by atoms with Crippen LogP contribution in [-0.2, 0) is 10.0 Å². The van der Waals surface area contributed by atoms with E-state index in [-0.39, 0.29) is 11.6 Å². The molecular formula is C15H15N6O4S2+. The molecule has 0 bridgehead atoms. The van der Waals surface area contributed by atoms with Gasteiger partial charge in [-0.2, -0.15) is 18.1 Å². The summed E-state index contributed by atoms with van der Waals surface area (Å²) in [5.74, 6) is 0.259. The number of anilines is 2. The molecular weight excluding hydrogens is 392 g/mol. The molecule has 0 spiro atoms. The maximum Gasteiger partial charge on any atom is 0.299 e. The summed E-state index contributed by atoms with van der Waals surface area (Å²) in [7, 11) is -3.30. The molecule has 27 heavy (non-hydrogen) atoms. The van der Waals surface area contributed by atoms with E-state index in [1.54, 1.807) is 31.3 Å². The number of nitro benzene ring substituents is 1. The molecule has 1 aromatic carbocycles. The minimum Gasteiger partial charge on any atom is -0.324 e. The summed E-state index contributed by atoms with van der Waals surface area (Å²) in [4.78, 5) is 23.9. The summed E-state index contributed by atoms with van der Waals surface area (Å²) in [6.45, 7) is 1.77. The Morgan fingerprint density at radius 2 is 2.04 bits per heavy atom. The van der Waals surface area contributed by atoms with E-state index in [1.807, 2.05) is 0 Å². The number of non-ortho nitro benzene ring substituents is 1. The molecule has 0 unspecified atom stereocenters. The van der Waals surface area contributed by atoms with Crippen molar-refractivity contribution in [2.24, 2.45) is 0 Å². The first-order chi connectivity index (χ1) is 12.7. The lowest BCUT2D eigenvalue weighted by molar-refractivity contribution is -0.395. The normalized spacial score (nSPS) is 11.3. The van der Waals surface area contributed by atoms with Gasteiger partial charge in [-0.1, -0.05) is 17.4 Å². The molecule has 2 aromatic heterocycles. The number of primary sulfonamides is 1. The number of benzene rings is 1. The third-order valence-electron chi connectivity index (χ3n) is 3.33. The van der Waals surface area contributed by atoms with Crippen LogP contribution < -0.4 is 10.0 Å². The van der Waals surface area contributed by atoms with Gasteiger partial charge in [-0.25, -0.2) is 9.97 Å². The number of quaternary nitrogens is 1. The quantitative estimate of drug-likeness (QED) is 0.464. The number of rotatable bonds is 6. The third-order valence-corrected chi connectivity index (χ3v) is 5.26. The SMILES string of the molecule is Cc1nc([NH2+]S(C)(=O)=O)sc1-c1ccnc(Nc2cccc([N+](=O)[O-])c2)n1. The monoisotopic (exact) mass is 407 g/mol. The number of aryl methyl sites for hydroxylation is 1. The average Bonchev–Trinajstić information content (AvgIpc) is 2.93. The highest BCUT2D eigenvalue weighted by Crippen LogP contribution is 2.30. The Morgan fingerprint density at radius 3 is 2.74 bits per heavy atom. The highest BCUT2D eigenvalue weighted by molar-refractivity contribution is 7.84. The highest BCUT2D eigenvalue weighted by atomic mass is 32.2. The molecule has 3 aromatic rings. The Hall–Kier alpha value is -2.96. The van der Waals surface area contributed by atoms with Gasteiger partial charge < -0.3 is 5.32 Å². The second-order valence-corrected chi connectivity index (χ2v) is 8.54. The van der Waals surface area contributed by atoms with Crippen LogP contribution in [0.2, 0.25) is 0 Å². The lowest BCUT2D eigenvalue weighted by Gasteiger charge is -2.05. The Bertz CT molecular complexity index is 1110. The minimum absolute atomic E-state index is 0.0459. The second kappa shape index (κ2) is 7.34. The maximum absolute atomic E-state index is 11.4. The van der Waals surface area contributed by atoms with Gasteiger partial charge in [0.2, 0.25) is 5.95 Å². The molecule has 0 saturated carbocycles. The van der Waals surface area contributed by atoms with Crippen LogP contribution in [0.1, 0.15) is 5.69 Å². The summed E-state index contributed by atoms with van der Waals surface area (Å²) in [6.07, 6.45) is 2.65. The number of hydrogen-bond acceptors (Lipinski definition) is 9. The van der Waals surface area contributed by atoms with E-state index in [4.69, 9.17) is 0 Å². The van der Waals surface area contributed by atoms with Gasteiger partial charge in [-0.15, -0.1) is 0 Å². The summed E-state index contributed by atoms with van der Waals surface area (Å²) in [6, 6.07) is 7.69. The number of nitrogens with two attached hydrogens (primary N) is 1. The number of hydrogen-bond donors (Lipinski definition) is 2. The van der Waals surface area contributed by atoms with Crippen LogP contribution in [0, 0.1) is 17.0 Å². The van der Waals surface area contributed by atoms with Gasteiger partial charge in [0.25, 0.3) is 20.8 Å². The molecule has 0 atom stereocenters. The summed E-state index contributed by atoms with van der Waals surface area (Å²) in [5.41, 5.74) is 1.65. The van der Waals surface area contributed by atoms with E-state index in [2.05, 4.69) is 20.3 Å². The third kappa shape index (κ3) is 4.81. The van der Waals surface area contributed by atoms with Gasteiger partial charge >= 0.3 is 0 Å². The van der Waals surface area contributed by atoms with Crippen molar-refractivity contribution in [2.45, 2.75) is 6.92 Å². The maximum atomic E-state index is 11.4. The van der Waals surface area contributed by atoms with Crippen LogP contribution in [-0.4, -0.2) is 34.5 Å². The molecule has 0 amide bonds. The molecule has 3 rings (SSSR count). The zero-order valence-electron chi connectivity index (χ0n) is 14.3. The van der Waals surface area contributed by atoms with Gasteiger partial charge in [0, 0.05) is 24.0 Å². The number of nitrogens with zero attached hydrogens (tertiary/aromatic N) is 4. The van der Waals surface area contributed by atoms with Gasteiger partial charge in [0.1, 0.15) is 0 Å². The van der Waals surface area contributed by atoms with Crippen LogP contribution in [0.15, 0.2) is 36.5 Å². The Labute approximate surface area is 158 Å². The predicted molar refractivity (Wildman–Crippen MR) is 101 cm³/mol. The standard InChI is InChI=1S/C15H14N6O4S2/c1-9-13(26-15(17-9)20-27(2,24)25)12-6-7-16-14(19-12)18-10-4-3-5-11(8-10)21(22)23/h3-8H,1-2H3,(H,17,20)(H,16,18,19)/p+1. The van der Waals surface area contributed by atoms with Crippen molar-refractivity contribution in [1.29, 1.82) is 0 Å². The first-order valence-corrected chi connectivity index (χ1v) is 10.4. The van der Waals surface area contributed by atoms with E-state index in [1.165, 1.54) is 23.5 Å². The van der Waals surface area contributed by atoms with Gasteiger partial charge in [0.05, 0.1) is 27.4 Å². The van der Waals surface area contributed by atoms with Crippen LogP contribution in [0.3, 0.4) is 0 Å². The molecule has 0 aliphatic carbocycles. The molecule has 0 fully saturated rings. The first kappa shape index (κ1) is 18.8. The molecule has 0 aliphatic heterocycles. The first-order valence-electron chi connectivity index (χ1n) is 7.58. The lowest BCUT2D eigenvalue weighted by atomic mass is 10.3. The summed E-state index contributed by atoms with van der Waals surface area (Å²) >= 11 is 1.21. The van der Waals surface area contributed by atoms with E-state index in [0.717, 1.165) is 15.9 Å². The average molecular weight is 407 g/mol. The van der Waals surface area contributed by atoms with Crippen molar-refractivity contribution in [2.75, 3.05) is 11.6 Å². The number of thiazole rings is 1. The van der Waals surface area contributed by atoms with E-state index >= 15 is 0 Å². The number of nitro groups is 1. The topological polar surface area (TPSA) is 145 Å². The molecule has 140 valence electrons. The van der Waals surface area contributed by atoms with Gasteiger partial charge in [-0.3, -0.25) is 10.1 Å². The highest BCUT2D eigenvalue weighted by Gasteiger charge is 2.18. The van der Waals surface area contributed by atoms with Crippen LogP contribution in [0.5, 0.6) is 0 Å². The summed E-state index contributed by atoms with van der Waals surface area (Å²) < 4.78 is 23.9. The Balaban J connectivity index is 1.88. The lowest BCUT2D eigenvalue weighted by Crippen LogP contribution is -2.81. The summed E-state index contributed by atoms with van der Waals surface area (Å²) in [5, 5.41) is 14.2.